The minimum absolute atomic E-state index is 0.122. The number of halogens is 1. The molecule has 3 aromatic rings. The van der Waals surface area contributed by atoms with E-state index in [1.165, 1.54) is 0 Å². The van der Waals surface area contributed by atoms with Crippen molar-refractivity contribution in [3.8, 4) is 17.3 Å². The van der Waals surface area contributed by atoms with Crippen LogP contribution in [-0.4, -0.2) is 45.3 Å². The third kappa shape index (κ3) is 5.35. The van der Waals surface area contributed by atoms with Gasteiger partial charge in [-0.15, -0.1) is 0 Å². The van der Waals surface area contributed by atoms with Gasteiger partial charge in [0.15, 0.2) is 0 Å². The second-order valence-electron chi connectivity index (χ2n) is 9.83. The zero-order valence-corrected chi connectivity index (χ0v) is 20.8. The Morgan fingerprint density at radius 3 is 2.68 bits per heavy atom. The predicted molar refractivity (Wildman–Crippen MR) is 134 cm³/mol. The molecule has 1 aromatic carbocycles. The number of alkyl carbamates (subject to hydrolysis) is 1. The van der Waals surface area contributed by atoms with Crippen LogP contribution in [0.5, 0.6) is 0 Å². The molecule has 34 heavy (non-hydrogen) atoms. The first kappa shape index (κ1) is 24.1. The number of aromatic nitrogens is 2. The van der Waals surface area contributed by atoms with Gasteiger partial charge in [0.25, 0.3) is 0 Å². The fraction of sp³-hybridized carbons (Fsp3) is 0.423. The Balaban J connectivity index is 1.45. The number of carbonyl (C=O) groups excluding carboxylic acids is 1. The average molecular weight is 480 g/mol. The molecule has 0 bridgehead atoms. The van der Waals surface area contributed by atoms with E-state index in [9.17, 15) is 10.1 Å². The van der Waals surface area contributed by atoms with Gasteiger partial charge in [0.2, 0.25) is 0 Å². The molecule has 0 saturated carbocycles. The molecule has 1 aliphatic heterocycles. The van der Waals surface area contributed by atoms with E-state index in [1.54, 1.807) is 6.20 Å². The first-order valence-electron chi connectivity index (χ1n) is 11.5. The van der Waals surface area contributed by atoms with Gasteiger partial charge >= 0.3 is 6.09 Å². The van der Waals surface area contributed by atoms with Crippen molar-refractivity contribution in [2.75, 3.05) is 13.1 Å². The van der Waals surface area contributed by atoms with Crippen LogP contribution in [0.4, 0.5) is 4.79 Å². The molecule has 0 atom stereocenters. The fourth-order valence-corrected chi connectivity index (χ4v) is 4.70. The van der Waals surface area contributed by atoms with Crippen molar-refractivity contribution in [2.45, 2.75) is 51.8 Å². The maximum absolute atomic E-state index is 12.0. The molecule has 0 radical (unpaired) electrons. The highest BCUT2D eigenvalue weighted by atomic mass is 35.5. The number of hydrogen-bond acceptors (Lipinski definition) is 5. The molecule has 1 amide bonds. The van der Waals surface area contributed by atoms with Crippen LogP contribution < -0.4 is 5.32 Å². The molecule has 4 rings (SSSR count). The summed E-state index contributed by atoms with van der Waals surface area (Å²) >= 11 is 6.20. The zero-order valence-electron chi connectivity index (χ0n) is 20.1. The molecular formula is C26H30ClN5O2. The summed E-state index contributed by atoms with van der Waals surface area (Å²) in [6.45, 7) is 8.11. The van der Waals surface area contributed by atoms with E-state index in [0.717, 1.165) is 60.2 Å². The number of benzene rings is 1. The summed E-state index contributed by atoms with van der Waals surface area (Å²) in [6, 6.07) is 10.2. The Morgan fingerprint density at radius 2 is 2.00 bits per heavy atom. The van der Waals surface area contributed by atoms with E-state index in [4.69, 9.17) is 16.3 Å². The van der Waals surface area contributed by atoms with E-state index in [0.29, 0.717) is 10.6 Å². The quantitative estimate of drug-likeness (QED) is 0.552. The number of carbonyl (C=O) groups is 1. The van der Waals surface area contributed by atoms with E-state index in [-0.39, 0.29) is 12.1 Å². The predicted octanol–water partition coefficient (Wildman–Crippen LogP) is 5.25. The standard InChI is InChI=1S/C26H30ClN5O2/c1-26(2,3)34-25(33)30-20-7-9-32(10-8-20)16-17-11-18(15-29-14-17)24-22(13-28)21-6-5-19(27)12-23(21)31(24)4/h5-6,11-12,14-15,20H,7-10,16H2,1-4H3,(H,30,33). The monoisotopic (exact) mass is 479 g/mol. The van der Waals surface area contributed by atoms with E-state index in [2.05, 4.69) is 27.3 Å². The topological polar surface area (TPSA) is 83.2 Å². The lowest BCUT2D eigenvalue weighted by molar-refractivity contribution is 0.0477. The van der Waals surface area contributed by atoms with Crippen LogP contribution >= 0.6 is 11.6 Å². The van der Waals surface area contributed by atoms with Crippen LogP contribution in [-0.2, 0) is 18.3 Å². The third-order valence-electron chi connectivity index (χ3n) is 6.06. The summed E-state index contributed by atoms with van der Waals surface area (Å²) in [6.07, 6.45) is 5.06. The number of piperidine rings is 1. The van der Waals surface area contributed by atoms with Crippen LogP contribution in [0, 0.1) is 11.3 Å². The number of nitrogens with zero attached hydrogens (tertiary/aromatic N) is 4. The van der Waals surface area contributed by atoms with Gasteiger partial charge in [-0.05, 0) is 63.4 Å². The van der Waals surface area contributed by atoms with Crippen LogP contribution in [0.3, 0.4) is 0 Å². The number of aryl methyl sites for hydroxylation is 1. The van der Waals surface area contributed by atoms with Crippen molar-refractivity contribution in [3.05, 3.63) is 52.8 Å². The van der Waals surface area contributed by atoms with Gasteiger partial charge in [0.1, 0.15) is 11.7 Å². The van der Waals surface area contributed by atoms with Gasteiger partial charge in [0.05, 0.1) is 16.8 Å². The molecule has 8 heteroatoms. The van der Waals surface area contributed by atoms with Gasteiger partial charge in [-0.2, -0.15) is 5.26 Å². The van der Waals surface area contributed by atoms with Gasteiger partial charge in [-0.1, -0.05) is 11.6 Å². The number of nitriles is 1. The number of likely N-dealkylation sites (tertiary alicyclic amines) is 1. The Morgan fingerprint density at radius 1 is 1.26 bits per heavy atom. The van der Waals surface area contributed by atoms with Crippen LogP contribution in [0.25, 0.3) is 22.2 Å². The first-order valence-corrected chi connectivity index (χ1v) is 11.9. The third-order valence-corrected chi connectivity index (χ3v) is 6.29. The number of nitrogens with one attached hydrogen (secondary N) is 1. The maximum Gasteiger partial charge on any atom is 0.407 e. The molecule has 7 nitrogen and oxygen atoms in total. The minimum atomic E-state index is -0.495. The molecule has 1 N–H and O–H groups in total. The largest absolute Gasteiger partial charge is 0.444 e. The number of pyridine rings is 1. The molecule has 0 unspecified atom stereocenters. The number of rotatable bonds is 4. The lowest BCUT2D eigenvalue weighted by Crippen LogP contribution is -2.45. The lowest BCUT2D eigenvalue weighted by atomic mass is 10.0. The maximum atomic E-state index is 12.0. The van der Waals surface area contributed by atoms with E-state index < -0.39 is 5.60 Å². The molecule has 2 aromatic heterocycles. The summed E-state index contributed by atoms with van der Waals surface area (Å²) in [4.78, 5) is 18.9. The lowest BCUT2D eigenvalue weighted by Gasteiger charge is -2.32. The number of fused-ring (bicyclic) bond motifs is 1. The smallest absolute Gasteiger partial charge is 0.407 e. The van der Waals surface area contributed by atoms with Crippen molar-refractivity contribution in [1.29, 1.82) is 5.26 Å². The molecule has 1 aliphatic rings. The molecule has 3 heterocycles. The molecule has 0 spiro atoms. The van der Waals surface area contributed by atoms with E-state index >= 15 is 0 Å². The molecule has 0 aliphatic carbocycles. The Hall–Kier alpha value is -3.08. The number of ether oxygens (including phenoxy) is 1. The van der Waals surface area contributed by atoms with Gasteiger partial charge in [-0.3, -0.25) is 9.88 Å². The fourth-order valence-electron chi connectivity index (χ4n) is 4.53. The van der Waals surface area contributed by atoms with Gasteiger partial charge in [0, 0.05) is 61.1 Å². The first-order chi connectivity index (χ1) is 16.1. The molecular weight excluding hydrogens is 450 g/mol. The van der Waals surface area contributed by atoms with Crippen LogP contribution in [0.15, 0.2) is 36.7 Å². The SMILES string of the molecule is Cn1c(-c2cncc(CN3CCC(NC(=O)OC(C)(C)C)CC3)c2)c(C#N)c2ccc(Cl)cc21. The van der Waals surface area contributed by atoms with Crippen molar-refractivity contribution < 1.29 is 9.53 Å². The van der Waals surface area contributed by atoms with Crippen molar-refractivity contribution >= 4 is 28.6 Å². The summed E-state index contributed by atoms with van der Waals surface area (Å²) < 4.78 is 7.38. The molecule has 178 valence electrons. The second kappa shape index (κ2) is 9.65. The Kier molecular flexibility index (Phi) is 6.83. The normalized spacial score (nSPS) is 15.3. The average Bonchev–Trinajstić information content (AvgIpc) is 3.05. The summed E-state index contributed by atoms with van der Waals surface area (Å²) in [5.74, 6) is 0. The Bertz CT molecular complexity index is 1250. The highest BCUT2D eigenvalue weighted by Crippen LogP contribution is 2.34. The van der Waals surface area contributed by atoms with Crippen molar-refractivity contribution in [2.24, 2.45) is 7.05 Å². The number of amides is 1. The van der Waals surface area contributed by atoms with Gasteiger partial charge < -0.3 is 14.6 Å². The van der Waals surface area contributed by atoms with Crippen molar-refractivity contribution in [3.63, 3.8) is 0 Å². The highest BCUT2D eigenvalue weighted by Gasteiger charge is 2.24. The number of hydrogen-bond donors (Lipinski definition) is 1. The molecule has 1 fully saturated rings. The summed E-state index contributed by atoms with van der Waals surface area (Å²) in [5, 5.41) is 14.4. The van der Waals surface area contributed by atoms with E-state index in [1.807, 2.05) is 56.8 Å². The summed E-state index contributed by atoms with van der Waals surface area (Å²) in [5.41, 5.74) is 3.89. The minimum Gasteiger partial charge on any atom is -0.444 e. The van der Waals surface area contributed by atoms with Crippen LogP contribution in [0.2, 0.25) is 5.02 Å². The Labute approximate surface area is 205 Å². The zero-order chi connectivity index (χ0) is 24.5. The second-order valence-corrected chi connectivity index (χ2v) is 10.3. The van der Waals surface area contributed by atoms with Crippen LogP contribution in [0.1, 0.15) is 44.7 Å². The van der Waals surface area contributed by atoms with Crippen molar-refractivity contribution in [1.82, 2.24) is 19.8 Å². The van der Waals surface area contributed by atoms with Gasteiger partial charge in [-0.25, -0.2) is 4.79 Å². The highest BCUT2D eigenvalue weighted by molar-refractivity contribution is 6.31. The molecule has 1 saturated heterocycles. The summed E-state index contributed by atoms with van der Waals surface area (Å²) in [7, 11) is 1.95.